The summed E-state index contributed by atoms with van der Waals surface area (Å²) in [5, 5.41) is 0.647. The van der Waals surface area contributed by atoms with Crippen molar-refractivity contribution in [1.29, 1.82) is 0 Å². The summed E-state index contributed by atoms with van der Waals surface area (Å²) in [7, 11) is 0. The van der Waals surface area contributed by atoms with E-state index >= 15 is 0 Å². The SMILES string of the molecule is O=C(N=c1ccccn1Cc1ccccc1)c1cc2cc(F)ccc2[nH]1. The second-order valence-corrected chi connectivity index (χ2v) is 6.00. The zero-order chi connectivity index (χ0) is 17.9. The Kier molecular flexibility index (Phi) is 4.19. The van der Waals surface area contributed by atoms with Gasteiger partial charge in [-0.1, -0.05) is 36.4 Å². The summed E-state index contributed by atoms with van der Waals surface area (Å²) in [6, 6.07) is 21.5. The molecule has 2 aromatic carbocycles. The van der Waals surface area contributed by atoms with E-state index in [1.807, 2.05) is 53.2 Å². The molecule has 4 rings (SSSR count). The number of pyridine rings is 1. The molecule has 26 heavy (non-hydrogen) atoms. The first-order valence-electron chi connectivity index (χ1n) is 8.26. The van der Waals surface area contributed by atoms with E-state index in [1.54, 1.807) is 18.2 Å². The van der Waals surface area contributed by atoms with Gasteiger partial charge in [-0.15, -0.1) is 0 Å². The molecule has 128 valence electrons. The fourth-order valence-corrected chi connectivity index (χ4v) is 2.87. The maximum absolute atomic E-state index is 13.3. The first-order valence-corrected chi connectivity index (χ1v) is 8.26. The number of hydrogen-bond acceptors (Lipinski definition) is 1. The molecule has 1 N–H and O–H groups in total. The van der Waals surface area contributed by atoms with Crippen LogP contribution in [0.2, 0.25) is 0 Å². The van der Waals surface area contributed by atoms with Gasteiger partial charge in [0.25, 0.3) is 5.91 Å². The molecular formula is C21H16FN3O. The van der Waals surface area contributed by atoms with Gasteiger partial charge in [0.15, 0.2) is 0 Å². The zero-order valence-corrected chi connectivity index (χ0v) is 13.9. The molecule has 0 unspecified atom stereocenters. The van der Waals surface area contributed by atoms with Crippen LogP contribution in [0.4, 0.5) is 4.39 Å². The number of nitrogens with one attached hydrogen (secondary N) is 1. The molecule has 0 aliphatic rings. The topological polar surface area (TPSA) is 50.1 Å². The quantitative estimate of drug-likeness (QED) is 0.601. The molecule has 0 atom stereocenters. The number of rotatable bonds is 3. The van der Waals surface area contributed by atoms with E-state index in [0.717, 1.165) is 5.56 Å². The van der Waals surface area contributed by atoms with Gasteiger partial charge in [0.2, 0.25) is 0 Å². The molecule has 0 saturated heterocycles. The van der Waals surface area contributed by atoms with Gasteiger partial charge in [0.05, 0.1) is 0 Å². The Morgan fingerprint density at radius 1 is 1.00 bits per heavy atom. The second kappa shape index (κ2) is 6.80. The molecular weight excluding hydrogens is 329 g/mol. The van der Waals surface area contributed by atoms with Gasteiger partial charge >= 0.3 is 0 Å². The predicted octanol–water partition coefficient (Wildman–Crippen LogP) is 3.90. The number of aromatic nitrogens is 2. The number of carbonyl (C=O) groups excluding carboxylic acids is 1. The number of benzene rings is 2. The number of amides is 1. The van der Waals surface area contributed by atoms with Crippen LogP contribution in [0.1, 0.15) is 16.1 Å². The van der Waals surface area contributed by atoms with Gasteiger partial charge in [-0.3, -0.25) is 4.79 Å². The van der Waals surface area contributed by atoms with E-state index in [-0.39, 0.29) is 5.82 Å². The van der Waals surface area contributed by atoms with Crippen molar-refractivity contribution in [1.82, 2.24) is 9.55 Å². The average molecular weight is 345 g/mol. The highest BCUT2D eigenvalue weighted by Crippen LogP contribution is 2.17. The summed E-state index contributed by atoms with van der Waals surface area (Å²) < 4.78 is 15.2. The van der Waals surface area contributed by atoms with E-state index < -0.39 is 5.91 Å². The average Bonchev–Trinajstić information content (AvgIpc) is 3.07. The van der Waals surface area contributed by atoms with Gasteiger partial charge in [-0.05, 0) is 42.0 Å². The Morgan fingerprint density at radius 3 is 2.65 bits per heavy atom. The van der Waals surface area contributed by atoms with Crippen LogP contribution in [0.15, 0.2) is 84.0 Å². The van der Waals surface area contributed by atoms with E-state index in [2.05, 4.69) is 9.98 Å². The van der Waals surface area contributed by atoms with Gasteiger partial charge < -0.3 is 9.55 Å². The first-order chi connectivity index (χ1) is 12.7. The highest BCUT2D eigenvalue weighted by Gasteiger charge is 2.09. The lowest BCUT2D eigenvalue weighted by Crippen LogP contribution is -2.22. The Bertz CT molecular complexity index is 1140. The zero-order valence-electron chi connectivity index (χ0n) is 13.9. The van der Waals surface area contributed by atoms with Crippen LogP contribution in [0.25, 0.3) is 10.9 Å². The van der Waals surface area contributed by atoms with Crippen molar-refractivity contribution in [2.75, 3.05) is 0 Å². The minimum Gasteiger partial charge on any atom is -0.350 e. The van der Waals surface area contributed by atoms with E-state index in [1.165, 1.54) is 12.1 Å². The molecule has 5 heteroatoms. The normalized spacial score (nSPS) is 11.8. The molecule has 0 aliphatic heterocycles. The molecule has 1 amide bonds. The maximum atomic E-state index is 13.3. The smallest absolute Gasteiger partial charge is 0.295 e. The lowest BCUT2D eigenvalue weighted by atomic mass is 10.2. The summed E-state index contributed by atoms with van der Waals surface area (Å²) in [5.74, 6) is -0.731. The largest absolute Gasteiger partial charge is 0.350 e. The Balaban J connectivity index is 1.70. The van der Waals surface area contributed by atoms with Crippen LogP contribution in [-0.2, 0) is 6.54 Å². The number of nitrogens with zero attached hydrogens (tertiary/aromatic N) is 2. The number of H-pyrrole nitrogens is 1. The predicted molar refractivity (Wildman–Crippen MR) is 98.1 cm³/mol. The monoisotopic (exact) mass is 345 g/mol. The van der Waals surface area contributed by atoms with E-state index in [4.69, 9.17) is 0 Å². The molecule has 4 aromatic rings. The molecule has 0 aliphatic carbocycles. The third-order valence-corrected chi connectivity index (χ3v) is 4.14. The number of aromatic amines is 1. The summed E-state index contributed by atoms with van der Waals surface area (Å²) >= 11 is 0. The van der Waals surface area contributed by atoms with Crippen molar-refractivity contribution in [2.45, 2.75) is 6.54 Å². The van der Waals surface area contributed by atoms with E-state index in [9.17, 15) is 9.18 Å². The standard InChI is InChI=1S/C21H16FN3O/c22-17-9-10-18-16(12-17)13-19(23-18)21(26)24-20-8-4-5-11-25(20)14-15-6-2-1-3-7-15/h1-13,23H,14H2. The third-order valence-electron chi connectivity index (χ3n) is 4.14. The lowest BCUT2D eigenvalue weighted by molar-refractivity contribution is 0.0993. The van der Waals surface area contributed by atoms with Crippen LogP contribution in [0, 0.1) is 5.82 Å². The fourth-order valence-electron chi connectivity index (χ4n) is 2.87. The molecule has 0 saturated carbocycles. The van der Waals surface area contributed by atoms with Crippen LogP contribution < -0.4 is 5.49 Å². The third kappa shape index (κ3) is 3.32. The maximum Gasteiger partial charge on any atom is 0.295 e. The highest BCUT2D eigenvalue weighted by atomic mass is 19.1. The van der Waals surface area contributed by atoms with Crippen molar-refractivity contribution in [3.63, 3.8) is 0 Å². The summed E-state index contributed by atoms with van der Waals surface area (Å²) in [5.41, 5.74) is 2.72. The molecule has 0 radical (unpaired) electrons. The molecule has 0 bridgehead atoms. The molecule has 0 fully saturated rings. The van der Waals surface area contributed by atoms with E-state index in [0.29, 0.717) is 28.6 Å². The van der Waals surface area contributed by atoms with Gasteiger partial charge in [-0.2, -0.15) is 4.99 Å². The van der Waals surface area contributed by atoms with Crippen LogP contribution in [-0.4, -0.2) is 15.5 Å². The van der Waals surface area contributed by atoms with Crippen molar-refractivity contribution in [2.24, 2.45) is 4.99 Å². The second-order valence-electron chi connectivity index (χ2n) is 6.00. The lowest BCUT2D eigenvalue weighted by Gasteiger charge is -2.07. The van der Waals surface area contributed by atoms with Gasteiger partial charge in [-0.25, -0.2) is 4.39 Å². The Hall–Kier alpha value is -3.47. The van der Waals surface area contributed by atoms with Crippen LogP contribution in [0.3, 0.4) is 0 Å². The molecule has 2 aromatic heterocycles. The number of carbonyl (C=O) groups is 1. The molecule has 2 heterocycles. The number of fused-ring (bicyclic) bond motifs is 1. The van der Waals surface area contributed by atoms with Gasteiger partial charge in [0.1, 0.15) is 17.0 Å². The first kappa shape index (κ1) is 16.0. The van der Waals surface area contributed by atoms with Crippen LogP contribution in [0.5, 0.6) is 0 Å². The Labute approximate surface area is 149 Å². The van der Waals surface area contributed by atoms with Crippen molar-refractivity contribution >= 4 is 16.8 Å². The minimum atomic E-state index is -0.394. The Morgan fingerprint density at radius 2 is 1.81 bits per heavy atom. The van der Waals surface area contributed by atoms with Crippen molar-refractivity contribution < 1.29 is 9.18 Å². The van der Waals surface area contributed by atoms with Crippen molar-refractivity contribution in [3.8, 4) is 0 Å². The van der Waals surface area contributed by atoms with Crippen molar-refractivity contribution in [3.05, 3.63) is 102 Å². The highest BCUT2D eigenvalue weighted by molar-refractivity contribution is 5.98. The van der Waals surface area contributed by atoms with Crippen LogP contribution >= 0.6 is 0 Å². The summed E-state index contributed by atoms with van der Waals surface area (Å²) in [4.78, 5) is 19.8. The number of halogens is 1. The fraction of sp³-hybridized carbons (Fsp3) is 0.0476. The van der Waals surface area contributed by atoms with Gasteiger partial charge in [0, 0.05) is 23.6 Å². The summed E-state index contributed by atoms with van der Waals surface area (Å²) in [6.45, 7) is 0.617. The minimum absolute atomic E-state index is 0.334. The molecule has 0 spiro atoms. The number of hydrogen-bond donors (Lipinski definition) is 1. The molecule has 4 nitrogen and oxygen atoms in total. The summed E-state index contributed by atoms with van der Waals surface area (Å²) in [6.07, 6.45) is 1.89.